The molecule has 0 bridgehead atoms. The molecule has 0 spiro atoms. The van der Waals surface area contributed by atoms with Gasteiger partial charge in [-0.15, -0.1) is 0 Å². The number of hydrogen-bond donors (Lipinski definition) is 5. The van der Waals surface area contributed by atoms with Gasteiger partial charge in [0.05, 0.1) is 6.04 Å². The van der Waals surface area contributed by atoms with E-state index < -0.39 is 6.04 Å². The van der Waals surface area contributed by atoms with Gasteiger partial charge in [-0.2, -0.15) is 0 Å². The van der Waals surface area contributed by atoms with E-state index in [1.165, 1.54) is 5.56 Å². The van der Waals surface area contributed by atoms with Crippen molar-refractivity contribution in [3.05, 3.63) is 56.2 Å². The Hall–Kier alpha value is -2.38. The minimum absolute atomic E-state index is 0.112. The summed E-state index contributed by atoms with van der Waals surface area (Å²) in [7, 11) is 0. The number of hydrogen-bond acceptors (Lipinski definition) is 4. The summed E-state index contributed by atoms with van der Waals surface area (Å²) in [6, 6.07) is 7.91. The summed E-state index contributed by atoms with van der Waals surface area (Å²) in [5.74, 6) is -0.192. The number of rotatable bonds is 2. The van der Waals surface area contributed by atoms with Gasteiger partial charge in [0.1, 0.15) is 5.56 Å². The summed E-state index contributed by atoms with van der Waals surface area (Å²) < 4.78 is 0.112. The molecule has 1 aliphatic rings. The minimum atomic E-state index is -0.415. The average Bonchev–Trinajstić information content (AvgIpc) is 2.92. The first-order chi connectivity index (χ1) is 11.6. The zero-order valence-electron chi connectivity index (χ0n) is 13.1. The van der Waals surface area contributed by atoms with Crippen LogP contribution in [-0.2, 0) is 6.42 Å². The monoisotopic (exact) mass is 342 g/mol. The maximum absolute atomic E-state index is 12.4. The van der Waals surface area contributed by atoms with Crippen LogP contribution >= 0.6 is 12.2 Å². The Kier molecular flexibility index (Phi) is 3.54. The van der Waals surface area contributed by atoms with Crippen LogP contribution in [0.4, 0.5) is 0 Å². The van der Waals surface area contributed by atoms with Crippen LogP contribution in [0.1, 0.15) is 36.2 Å². The fraction of sp³-hybridized carbons (Fsp3) is 0.294. The number of fused-ring (bicyclic) bond motifs is 3. The van der Waals surface area contributed by atoms with Crippen molar-refractivity contribution in [2.75, 3.05) is 0 Å². The molecule has 7 heteroatoms. The van der Waals surface area contributed by atoms with Crippen molar-refractivity contribution in [1.82, 2.24) is 20.3 Å². The Morgan fingerprint density at radius 1 is 1.25 bits per heavy atom. The van der Waals surface area contributed by atoms with Gasteiger partial charge in [0, 0.05) is 22.6 Å². The molecule has 3 heterocycles. The lowest BCUT2D eigenvalue weighted by atomic mass is 9.90. The molecule has 3 aromatic rings. The van der Waals surface area contributed by atoms with Gasteiger partial charge in [-0.1, -0.05) is 25.1 Å². The second-order valence-electron chi connectivity index (χ2n) is 6.14. The van der Waals surface area contributed by atoms with Crippen molar-refractivity contribution >= 4 is 23.1 Å². The predicted molar refractivity (Wildman–Crippen MR) is 95.0 cm³/mol. The zero-order valence-corrected chi connectivity index (χ0v) is 14.0. The Bertz CT molecular complexity index is 1030. The van der Waals surface area contributed by atoms with Crippen molar-refractivity contribution in [1.29, 1.82) is 0 Å². The van der Waals surface area contributed by atoms with E-state index in [0.29, 0.717) is 0 Å². The summed E-state index contributed by atoms with van der Waals surface area (Å²) >= 11 is 4.93. The Morgan fingerprint density at radius 2 is 2.04 bits per heavy atom. The van der Waals surface area contributed by atoms with Crippen LogP contribution in [0.15, 0.2) is 29.1 Å². The fourth-order valence-corrected chi connectivity index (χ4v) is 3.74. The second-order valence-corrected chi connectivity index (χ2v) is 6.55. The van der Waals surface area contributed by atoms with E-state index in [9.17, 15) is 9.90 Å². The topological polar surface area (TPSA) is 96.7 Å². The summed E-state index contributed by atoms with van der Waals surface area (Å²) in [5.41, 5.74) is 3.03. The number of aromatic nitrogens is 3. The van der Waals surface area contributed by atoms with Crippen LogP contribution in [-0.4, -0.2) is 26.1 Å². The number of nitrogens with one attached hydrogen (secondary N) is 4. The second kappa shape index (κ2) is 5.61. The molecule has 0 saturated heterocycles. The van der Waals surface area contributed by atoms with E-state index >= 15 is 0 Å². The Morgan fingerprint density at radius 3 is 2.79 bits per heavy atom. The third-order valence-electron chi connectivity index (χ3n) is 4.73. The molecule has 6 nitrogen and oxygen atoms in total. The van der Waals surface area contributed by atoms with Gasteiger partial charge in [-0.25, -0.2) is 0 Å². The van der Waals surface area contributed by atoms with Crippen LogP contribution in [0.2, 0.25) is 0 Å². The largest absolute Gasteiger partial charge is 0.494 e. The van der Waals surface area contributed by atoms with Crippen LogP contribution in [0.3, 0.4) is 0 Å². The molecule has 2 atom stereocenters. The van der Waals surface area contributed by atoms with Crippen molar-refractivity contribution in [2.24, 2.45) is 0 Å². The third-order valence-corrected chi connectivity index (χ3v) is 4.93. The lowest BCUT2D eigenvalue weighted by Gasteiger charge is -2.30. The first kappa shape index (κ1) is 15.2. The predicted octanol–water partition coefficient (Wildman–Crippen LogP) is 2.63. The smallest absolute Gasteiger partial charge is 0.260 e. The summed E-state index contributed by atoms with van der Waals surface area (Å²) in [6.45, 7) is 2.11. The lowest BCUT2D eigenvalue weighted by Crippen LogP contribution is -2.41. The molecule has 4 rings (SSSR count). The van der Waals surface area contributed by atoms with Crippen molar-refractivity contribution in [3.8, 4) is 5.88 Å². The molecule has 0 unspecified atom stereocenters. The van der Waals surface area contributed by atoms with Gasteiger partial charge < -0.3 is 20.4 Å². The molecular formula is C17H18N4O2S. The molecule has 0 radical (unpaired) electrons. The summed E-state index contributed by atoms with van der Waals surface area (Å²) in [5, 5.41) is 14.9. The fourth-order valence-electron chi connectivity index (χ4n) is 3.55. The van der Waals surface area contributed by atoms with Crippen molar-refractivity contribution < 1.29 is 5.11 Å². The normalized spacial score (nSPS) is 20.2. The van der Waals surface area contributed by atoms with Crippen LogP contribution in [0.5, 0.6) is 5.88 Å². The van der Waals surface area contributed by atoms with Gasteiger partial charge in [-0.3, -0.25) is 9.78 Å². The molecule has 1 aliphatic heterocycles. The molecular weight excluding hydrogens is 324 g/mol. The lowest BCUT2D eigenvalue weighted by molar-refractivity contribution is 0.393. The maximum atomic E-state index is 12.4. The van der Waals surface area contributed by atoms with Gasteiger partial charge in [-0.05, 0) is 36.7 Å². The number of para-hydroxylation sites is 1. The first-order valence-corrected chi connectivity index (χ1v) is 8.40. The van der Waals surface area contributed by atoms with Crippen LogP contribution in [0, 0.1) is 4.77 Å². The SMILES string of the molecule is CC[C@@H]1Cc2c([nH]c3ccccc23)[C@@H](c2c(O)[nH]c(=S)[nH]c2=O)N1. The van der Waals surface area contributed by atoms with E-state index in [2.05, 4.69) is 33.3 Å². The van der Waals surface area contributed by atoms with E-state index in [0.717, 1.165) is 29.4 Å². The van der Waals surface area contributed by atoms with Gasteiger partial charge in [0.25, 0.3) is 5.56 Å². The standard InChI is InChI=1S/C17H18N4O2S/c1-2-8-7-10-9-5-3-4-6-11(9)19-13(10)14(18-8)12-15(22)20-17(24)21-16(12)23/h3-6,8,14,18-19H,2,7H2,1H3,(H3,20,21,22,23,24)/t8-,14-/m1/s1. The molecule has 124 valence electrons. The average molecular weight is 342 g/mol. The Labute approximate surface area is 143 Å². The van der Waals surface area contributed by atoms with Crippen LogP contribution < -0.4 is 10.9 Å². The highest BCUT2D eigenvalue weighted by atomic mass is 32.1. The molecule has 1 aromatic carbocycles. The molecule has 2 aromatic heterocycles. The zero-order chi connectivity index (χ0) is 16.8. The third kappa shape index (κ3) is 2.28. The van der Waals surface area contributed by atoms with E-state index in [-0.39, 0.29) is 27.8 Å². The molecule has 0 fully saturated rings. The van der Waals surface area contributed by atoms with Crippen LogP contribution in [0.25, 0.3) is 10.9 Å². The Balaban J connectivity index is 1.98. The molecule has 0 amide bonds. The first-order valence-electron chi connectivity index (χ1n) is 7.99. The highest BCUT2D eigenvalue weighted by Crippen LogP contribution is 2.36. The summed E-state index contributed by atoms with van der Waals surface area (Å²) in [4.78, 5) is 21.0. The van der Waals surface area contributed by atoms with Gasteiger partial charge in [0.15, 0.2) is 4.77 Å². The highest BCUT2D eigenvalue weighted by Gasteiger charge is 2.33. The number of H-pyrrole nitrogens is 3. The van der Waals surface area contributed by atoms with Gasteiger partial charge >= 0.3 is 0 Å². The quantitative estimate of drug-likeness (QED) is 0.463. The molecule has 0 saturated carbocycles. The number of aromatic amines is 3. The van der Waals surface area contributed by atoms with Crippen molar-refractivity contribution in [2.45, 2.75) is 31.8 Å². The number of benzene rings is 1. The van der Waals surface area contributed by atoms with Crippen molar-refractivity contribution in [3.63, 3.8) is 0 Å². The van der Waals surface area contributed by atoms with Gasteiger partial charge in [0.2, 0.25) is 5.88 Å². The number of aromatic hydroxyl groups is 1. The maximum Gasteiger partial charge on any atom is 0.260 e. The minimum Gasteiger partial charge on any atom is -0.494 e. The molecule has 24 heavy (non-hydrogen) atoms. The molecule has 0 aliphatic carbocycles. The van der Waals surface area contributed by atoms with E-state index in [4.69, 9.17) is 12.2 Å². The van der Waals surface area contributed by atoms with E-state index in [1.54, 1.807) is 0 Å². The highest BCUT2D eigenvalue weighted by molar-refractivity contribution is 7.71. The molecule has 5 N–H and O–H groups in total. The van der Waals surface area contributed by atoms with E-state index in [1.807, 2.05) is 18.2 Å². The summed E-state index contributed by atoms with van der Waals surface area (Å²) in [6.07, 6.45) is 1.81.